The second-order valence-corrected chi connectivity index (χ2v) is 10.1. The number of rotatable bonds is 11. The summed E-state index contributed by atoms with van der Waals surface area (Å²) in [6.07, 6.45) is 8.73. The second kappa shape index (κ2) is 15.6. The highest BCUT2D eigenvalue weighted by atomic mass is 31.1. The van der Waals surface area contributed by atoms with Crippen molar-refractivity contribution in [1.82, 2.24) is 0 Å². The summed E-state index contributed by atoms with van der Waals surface area (Å²) in [7, 11) is 1.25. The van der Waals surface area contributed by atoms with Crippen molar-refractivity contribution in [3.63, 3.8) is 0 Å². The van der Waals surface area contributed by atoms with E-state index in [4.69, 9.17) is 0 Å². The minimum atomic E-state index is -5.83. The predicted molar refractivity (Wildman–Crippen MR) is 128 cm³/mol. The fourth-order valence-electron chi connectivity index (χ4n) is 3.66. The molecule has 2 aromatic carbocycles. The third-order valence-electron chi connectivity index (χ3n) is 5.72. The van der Waals surface area contributed by atoms with Crippen LogP contribution in [0.1, 0.15) is 76.3 Å². The van der Waals surface area contributed by atoms with E-state index in [-0.39, 0.29) is 0 Å². The van der Waals surface area contributed by atoms with Crippen LogP contribution in [0.25, 0.3) is 11.1 Å². The van der Waals surface area contributed by atoms with Crippen LogP contribution in [-0.4, -0.2) is 12.3 Å². The third-order valence-corrected chi connectivity index (χ3v) is 7.13. The molecule has 0 amide bonds. The van der Waals surface area contributed by atoms with E-state index in [2.05, 4.69) is 13.8 Å². The van der Waals surface area contributed by atoms with Gasteiger partial charge in [0.15, 0.2) is 40.7 Å². The topological polar surface area (TPSA) is 0 Å². The van der Waals surface area contributed by atoms with Gasteiger partial charge in [0, 0.05) is 5.56 Å². The molecule has 0 aromatic heterocycles. The van der Waals surface area contributed by atoms with Crippen LogP contribution >= 0.6 is 8.58 Å². The molecule has 0 heterocycles. The number of halogens is 11. The van der Waals surface area contributed by atoms with Crippen LogP contribution in [0.4, 0.5) is 48.3 Å². The highest BCUT2D eigenvalue weighted by Gasteiger charge is 2.43. The summed E-state index contributed by atoms with van der Waals surface area (Å²) in [5.41, 5.74) is -8.45. The highest BCUT2D eigenvalue weighted by Crippen LogP contribution is 2.45. The van der Waals surface area contributed by atoms with Crippen LogP contribution in [0.5, 0.6) is 0 Å². The van der Waals surface area contributed by atoms with Gasteiger partial charge in [0.25, 0.3) is 0 Å². The standard InChI is InChI=1S/C14H3F11.C12H27P/c1-2-3(4-7(16)11(20)13(22)12(21)8(4)17)5(14(23,24)25)9(18)10(19)6(2)15;1-3-5-7-9-11-13-12-10-8-6-4-2/h1H3;13H,3-12H2,1-2H3. The van der Waals surface area contributed by atoms with Crippen molar-refractivity contribution in [2.75, 3.05) is 12.3 Å². The molecule has 0 saturated carbocycles. The summed E-state index contributed by atoms with van der Waals surface area (Å²) in [5.74, 6) is -21.2. The molecule has 2 aromatic rings. The molecule has 12 heteroatoms. The van der Waals surface area contributed by atoms with Gasteiger partial charge in [-0.05, 0) is 37.7 Å². The molecule has 0 N–H and O–H groups in total. The summed E-state index contributed by atoms with van der Waals surface area (Å²) in [5, 5.41) is 0. The van der Waals surface area contributed by atoms with Gasteiger partial charge in [0.05, 0.1) is 5.56 Å². The van der Waals surface area contributed by atoms with Crippen molar-refractivity contribution in [1.29, 1.82) is 0 Å². The van der Waals surface area contributed by atoms with Gasteiger partial charge < -0.3 is 0 Å². The Morgan fingerprint density at radius 1 is 0.500 bits per heavy atom. The zero-order valence-electron chi connectivity index (χ0n) is 21.2. The molecule has 0 bridgehead atoms. The van der Waals surface area contributed by atoms with Gasteiger partial charge in [0.2, 0.25) is 5.82 Å². The van der Waals surface area contributed by atoms with Crippen LogP contribution in [0.3, 0.4) is 0 Å². The number of hydrogen-bond donors (Lipinski definition) is 0. The SMILES string of the molecule is CCCCCCPCCCCCC.Cc1c(F)c(F)c(F)c(C(F)(F)F)c1-c1c(F)c(F)c(F)c(F)c1F. The van der Waals surface area contributed by atoms with E-state index in [0.717, 1.165) is 0 Å². The van der Waals surface area contributed by atoms with E-state index < -0.39 is 75.0 Å². The zero-order valence-corrected chi connectivity index (χ0v) is 22.2. The highest BCUT2D eigenvalue weighted by molar-refractivity contribution is 7.37. The van der Waals surface area contributed by atoms with Gasteiger partial charge in [-0.3, -0.25) is 0 Å². The lowest BCUT2D eigenvalue weighted by molar-refractivity contribution is -0.139. The van der Waals surface area contributed by atoms with Crippen molar-refractivity contribution >= 4 is 8.58 Å². The first-order valence-electron chi connectivity index (χ1n) is 12.2. The quantitative estimate of drug-likeness (QED) is 0.0813. The minimum Gasteiger partial charge on any atom is -0.203 e. The molecule has 0 aliphatic rings. The largest absolute Gasteiger partial charge is 0.419 e. The smallest absolute Gasteiger partial charge is 0.203 e. The molecule has 0 nitrogen and oxygen atoms in total. The molecule has 0 radical (unpaired) electrons. The third kappa shape index (κ3) is 8.55. The van der Waals surface area contributed by atoms with Crippen molar-refractivity contribution in [3.8, 4) is 11.1 Å². The molecular formula is C26H30F11P. The van der Waals surface area contributed by atoms with Crippen molar-refractivity contribution in [2.24, 2.45) is 0 Å². The van der Waals surface area contributed by atoms with Gasteiger partial charge in [-0.1, -0.05) is 52.4 Å². The summed E-state index contributed by atoms with van der Waals surface area (Å²) in [6.45, 7) is 4.93. The molecular weight excluding hydrogens is 552 g/mol. The van der Waals surface area contributed by atoms with Crippen molar-refractivity contribution < 1.29 is 48.3 Å². The summed E-state index contributed by atoms with van der Waals surface area (Å²) in [4.78, 5) is 0. The number of alkyl halides is 3. The Kier molecular flexibility index (Phi) is 14.0. The fraction of sp³-hybridized carbons (Fsp3) is 0.538. The molecule has 0 aliphatic heterocycles. The van der Waals surface area contributed by atoms with Crippen LogP contribution in [0, 0.1) is 53.5 Å². The maximum absolute atomic E-state index is 13.8. The summed E-state index contributed by atoms with van der Waals surface area (Å²) in [6, 6.07) is 0. The fourth-order valence-corrected chi connectivity index (χ4v) is 4.91. The monoisotopic (exact) mass is 582 g/mol. The summed E-state index contributed by atoms with van der Waals surface area (Å²) < 4.78 is 146. The van der Waals surface area contributed by atoms with E-state index in [0.29, 0.717) is 6.92 Å². The molecule has 0 unspecified atom stereocenters. The van der Waals surface area contributed by atoms with Crippen LogP contribution in [0.2, 0.25) is 0 Å². The molecule has 216 valence electrons. The molecule has 38 heavy (non-hydrogen) atoms. The lowest BCUT2D eigenvalue weighted by Gasteiger charge is -2.19. The van der Waals surface area contributed by atoms with E-state index in [9.17, 15) is 48.3 Å². The Labute approximate surface area is 216 Å². The molecule has 0 aliphatic carbocycles. The van der Waals surface area contributed by atoms with E-state index >= 15 is 0 Å². The first kappa shape index (κ1) is 34.1. The molecule has 2 rings (SSSR count). The minimum absolute atomic E-state index is 0.362. The van der Waals surface area contributed by atoms with E-state index in [1.54, 1.807) is 0 Å². The first-order chi connectivity index (χ1) is 17.7. The Morgan fingerprint density at radius 2 is 0.895 bits per heavy atom. The maximum atomic E-state index is 13.8. The van der Waals surface area contributed by atoms with Crippen molar-refractivity contribution in [2.45, 2.75) is 78.3 Å². The van der Waals surface area contributed by atoms with Gasteiger partial charge in [0.1, 0.15) is 5.56 Å². The molecule has 0 atom stereocenters. The Hall–Kier alpha value is -1.90. The lowest BCUT2D eigenvalue weighted by Crippen LogP contribution is -2.17. The van der Waals surface area contributed by atoms with Crippen LogP contribution in [-0.2, 0) is 6.18 Å². The van der Waals surface area contributed by atoms with Gasteiger partial charge in [-0.15, -0.1) is 8.58 Å². The number of unbranched alkanes of at least 4 members (excludes halogenated alkanes) is 6. The van der Waals surface area contributed by atoms with Gasteiger partial charge in [-0.25, -0.2) is 35.1 Å². The summed E-state index contributed by atoms with van der Waals surface area (Å²) >= 11 is 0. The van der Waals surface area contributed by atoms with Gasteiger partial charge >= 0.3 is 6.18 Å². The Balaban J connectivity index is 0.000000471. The lowest BCUT2D eigenvalue weighted by atomic mass is 9.92. The second-order valence-electron chi connectivity index (χ2n) is 8.63. The molecule has 0 spiro atoms. The van der Waals surface area contributed by atoms with Crippen LogP contribution < -0.4 is 0 Å². The first-order valence-corrected chi connectivity index (χ1v) is 13.6. The number of benzene rings is 2. The van der Waals surface area contributed by atoms with E-state index in [1.807, 2.05) is 0 Å². The predicted octanol–water partition coefficient (Wildman–Crippen LogP) is 10.6. The zero-order chi connectivity index (χ0) is 29.2. The van der Waals surface area contributed by atoms with Gasteiger partial charge in [-0.2, -0.15) is 13.2 Å². The van der Waals surface area contributed by atoms with E-state index in [1.165, 1.54) is 72.3 Å². The van der Waals surface area contributed by atoms with Crippen LogP contribution in [0.15, 0.2) is 0 Å². The maximum Gasteiger partial charge on any atom is 0.419 e. The van der Waals surface area contributed by atoms with Crippen molar-refractivity contribution in [3.05, 3.63) is 57.7 Å². The Bertz CT molecular complexity index is 1030. The number of hydrogen-bond acceptors (Lipinski definition) is 0. The molecule has 0 fully saturated rings. The normalized spacial score (nSPS) is 11.5. The Morgan fingerprint density at radius 3 is 1.29 bits per heavy atom. The molecule has 0 saturated heterocycles. The average molecular weight is 582 g/mol. The average Bonchev–Trinajstić information content (AvgIpc) is 2.86.